The lowest BCUT2D eigenvalue weighted by Crippen LogP contribution is -2.37. The molecule has 0 radical (unpaired) electrons. The Kier molecular flexibility index (Phi) is 7.92. The molecule has 208 valence electrons. The molecule has 1 aromatic heterocycles. The number of aromatic amines is 1. The zero-order chi connectivity index (χ0) is 27.5. The molecular formula is C35H41N3O2. The first-order valence-corrected chi connectivity index (χ1v) is 15.0. The van der Waals surface area contributed by atoms with E-state index in [-0.39, 0.29) is 11.9 Å². The molecule has 0 saturated carbocycles. The third-order valence-electron chi connectivity index (χ3n) is 8.38. The van der Waals surface area contributed by atoms with Crippen molar-refractivity contribution in [2.24, 2.45) is 5.92 Å². The van der Waals surface area contributed by atoms with Gasteiger partial charge in [-0.05, 0) is 122 Å². The molecule has 1 unspecified atom stereocenters. The molecule has 0 bridgehead atoms. The van der Waals surface area contributed by atoms with E-state index in [4.69, 9.17) is 4.74 Å². The number of ether oxygens (including phenoxy) is 1. The van der Waals surface area contributed by atoms with Crippen LogP contribution in [0.25, 0.3) is 12.2 Å². The van der Waals surface area contributed by atoms with Gasteiger partial charge in [0.25, 0.3) is 5.91 Å². The van der Waals surface area contributed by atoms with E-state index < -0.39 is 0 Å². The average molecular weight is 536 g/mol. The van der Waals surface area contributed by atoms with Crippen LogP contribution in [0.15, 0.2) is 54.6 Å². The van der Waals surface area contributed by atoms with Gasteiger partial charge in [-0.1, -0.05) is 32.1 Å². The Labute approximate surface area is 237 Å². The summed E-state index contributed by atoms with van der Waals surface area (Å²) in [5.41, 5.74) is 7.27. The molecule has 6 rings (SSSR count). The molecule has 1 atom stereocenters. The minimum atomic E-state index is 0.0761. The average Bonchev–Trinajstić information content (AvgIpc) is 3.36. The fourth-order valence-corrected chi connectivity index (χ4v) is 6.19. The molecule has 1 amide bonds. The van der Waals surface area contributed by atoms with Gasteiger partial charge in [-0.25, -0.2) is 0 Å². The number of nitrogens with zero attached hydrogens (tertiary/aromatic N) is 1. The molecule has 0 fully saturated rings. The highest BCUT2D eigenvalue weighted by molar-refractivity contribution is 6.06. The lowest BCUT2D eigenvalue weighted by Gasteiger charge is -2.26. The maximum atomic E-state index is 13.9. The summed E-state index contributed by atoms with van der Waals surface area (Å²) in [7, 11) is 0. The number of amides is 1. The van der Waals surface area contributed by atoms with Gasteiger partial charge < -0.3 is 19.9 Å². The summed E-state index contributed by atoms with van der Waals surface area (Å²) < 4.78 is 5.90. The van der Waals surface area contributed by atoms with E-state index in [1.807, 2.05) is 35.2 Å². The standard InChI is InChI=1S/C35H41N3O2/c1-24(2)23-40-30-17-15-29(16-18-30)38(35(39)27-14-13-25-8-3-4-9-26(25)20-27)19-7-10-28-21-34-32(22-36-28)31-11-5-6-12-33(31)37-34/h5-6,12-18,20-21,24,28,36-37H,3-4,7-11,19,22-23H2,1-2H3. The summed E-state index contributed by atoms with van der Waals surface area (Å²) in [6, 6.07) is 14.6. The number of anilines is 1. The summed E-state index contributed by atoms with van der Waals surface area (Å²) in [4.78, 5) is 19.5. The normalized spacial score (nSPS) is 17.3. The monoisotopic (exact) mass is 535 g/mol. The van der Waals surface area contributed by atoms with Crippen LogP contribution in [0.5, 0.6) is 5.75 Å². The van der Waals surface area contributed by atoms with Crippen LogP contribution in [-0.2, 0) is 25.8 Å². The van der Waals surface area contributed by atoms with Crippen LogP contribution < -0.4 is 25.7 Å². The number of rotatable bonds is 9. The van der Waals surface area contributed by atoms with E-state index >= 15 is 0 Å². The molecule has 0 spiro atoms. The summed E-state index contributed by atoms with van der Waals surface area (Å²) in [5, 5.41) is 6.22. The zero-order valence-electron chi connectivity index (χ0n) is 23.8. The van der Waals surface area contributed by atoms with Crippen LogP contribution in [0.2, 0.25) is 0 Å². The summed E-state index contributed by atoms with van der Waals surface area (Å²) in [5.74, 6) is 1.39. The third-order valence-corrected chi connectivity index (χ3v) is 8.38. The maximum absolute atomic E-state index is 13.9. The lowest BCUT2D eigenvalue weighted by molar-refractivity contribution is 0.0986. The number of aryl methyl sites for hydroxylation is 2. The van der Waals surface area contributed by atoms with Crippen LogP contribution in [0.4, 0.5) is 5.69 Å². The van der Waals surface area contributed by atoms with Crippen molar-refractivity contribution < 1.29 is 9.53 Å². The number of allylic oxidation sites excluding steroid dienone is 2. The molecule has 2 aromatic carbocycles. The molecule has 2 heterocycles. The Bertz CT molecular complexity index is 1510. The van der Waals surface area contributed by atoms with Crippen molar-refractivity contribution in [2.75, 3.05) is 18.1 Å². The van der Waals surface area contributed by atoms with Crippen molar-refractivity contribution in [3.63, 3.8) is 0 Å². The largest absolute Gasteiger partial charge is 0.493 e. The van der Waals surface area contributed by atoms with E-state index in [2.05, 4.69) is 60.6 Å². The molecule has 3 aliphatic rings. The Balaban J connectivity index is 1.19. The zero-order valence-corrected chi connectivity index (χ0v) is 23.8. The second-order valence-electron chi connectivity index (χ2n) is 11.9. The third kappa shape index (κ3) is 5.80. The highest BCUT2D eigenvalue weighted by atomic mass is 16.5. The number of carbonyl (C=O) groups excluding carboxylic acids is 1. The predicted molar refractivity (Wildman–Crippen MR) is 163 cm³/mol. The van der Waals surface area contributed by atoms with Crippen LogP contribution in [0.3, 0.4) is 0 Å². The van der Waals surface area contributed by atoms with Crippen LogP contribution >= 0.6 is 0 Å². The van der Waals surface area contributed by atoms with E-state index in [1.165, 1.54) is 45.8 Å². The summed E-state index contributed by atoms with van der Waals surface area (Å²) in [6.07, 6.45) is 16.4. The smallest absolute Gasteiger partial charge is 0.258 e. The van der Waals surface area contributed by atoms with Crippen molar-refractivity contribution >= 4 is 23.7 Å². The van der Waals surface area contributed by atoms with Crippen LogP contribution in [0.1, 0.15) is 72.1 Å². The molecular weight excluding hydrogens is 494 g/mol. The van der Waals surface area contributed by atoms with Gasteiger partial charge in [-0.2, -0.15) is 0 Å². The van der Waals surface area contributed by atoms with Crippen LogP contribution in [-0.4, -0.2) is 30.1 Å². The van der Waals surface area contributed by atoms with Gasteiger partial charge in [0.1, 0.15) is 5.75 Å². The van der Waals surface area contributed by atoms with Gasteiger partial charge >= 0.3 is 0 Å². The van der Waals surface area contributed by atoms with Crippen LogP contribution in [0, 0.1) is 5.92 Å². The minimum absolute atomic E-state index is 0.0761. The number of aromatic nitrogens is 1. The first-order valence-electron chi connectivity index (χ1n) is 15.0. The quantitative estimate of drug-likeness (QED) is 0.396. The molecule has 40 heavy (non-hydrogen) atoms. The van der Waals surface area contributed by atoms with Gasteiger partial charge in [0.05, 0.1) is 6.61 Å². The number of hydrogen-bond acceptors (Lipinski definition) is 3. The first-order chi connectivity index (χ1) is 19.5. The van der Waals surface area contributed by atoms with Crippen molar-refractivity contribution in [1.29, 1.82) is 0 Å². The first kappa shape index (κ1) is 26.6. The van der Waals surface area contributed by atoms with Gasteiger partial charge in [-0.15, -0.1) is 0 Å². The highest BCUT2D eigenvalue weighted by Gasteiger charge is 2.22. The SMILES string of the molecule is CC(C)COc1ccc(N(CCCC2C=c3[nH]c4c(c3CN2)CC=CC=4)C(=O)c2ccc3c(c2)CCCC3)cc1. The van der Waals surface area contributed by atoms with Gasteiger partial charge in [0, 0.05) is 41.1 Å². The van der Waals surface area contributed by atoms with E-state index in [0.717, 1.165) is 55.6 Å². The van der Waals surface area contributed by atoms with E-state index in [0.29, 0.717) is 19.1 Å². The Morgan fingerprint density at radius 1 is 1.02 bits per heavy atom. The highest BCUT2D eigenvalue weighted by Crippen LogP contribution is 2.26. The predicted octanol–water partition coefficient (Wildman–Crippen LogP) is 5.20. The maximum Gasteiger partial charge on any atom is 0.258 e. The summed E-state index contributed by atoms with van der Waals surface area (Å²) in [6.45, 7) is 6.53. The number of fused-ring (bicyclic) bond motifs is 4. The molecule has 2 N–H and O–H groups in total. The summed E-state index contributed by atoms with van der Waals surface area (Å²) >= 11 is 0. The molecule has 5 heteroatoms. The molecule has 3 aromatic rings. The van der Waals surface area contributed by atoms with Crippen molar-refractivity contribution in [3.8, 4) is 5.75 Å². The molecule has 0 saturated heterocycles. The number of benzene rings is 2. The molecule has 2 aliphatic carbocycles. The Hall–Kier alpha value is -3.57. The van der Waals surface area contributed by atoms with Crippen molar-refractivity contribution in [2.45, 2.75) is 71.4 Å². The van der Waals surface area contributed by atoms with Crippen molar-refractivity contribution in [3.05, 3.63) is 93.1 Å². The van der Waals surface area contributed by atoms with Gasteiger partial charge in [0.2, 0.25) is 0 Å². The number of carbonyl (C=O) groups is 1. The van der Waals surface area contributed by atoms with E-state index in [1.54, 1.807) is 0 Å². The molecule has 1 aliphatic heterocycles. The van der Waals surface area contributed by atoms with Crippen molar-refractivity contribution in [1.82, 2.24) is 10.3 Å². The Morgan fingerprint density at radius 3 is 2.67 bits per heavy atom. The second kappa shape index (κ2) is 11.9. The number of nitrogens with one attached hydrogen (secondary N) is 2. The topological polar surface area (TPSA) is 57.4 Å². The fourth-order valence-electron chi connectivity index (χ4n) is 6.19. The number of hydrogen-bond donors (Lipinski definition) is 2. The Morgan fingerprint density at radius 2 is 1.85 bits per heavy atom. The second-order valence-corrected chi connectivity index (χ2v) is 11.9. The minimum Gasteiger partial charge on any atom is -0.493 e. The van der Waals surface area contributed by atoms with Gasteiger partial charge in [-0.3, -0.25) is 4.79 Å². The molecule has 5 nitrogen and oxygen atoms in total. The van der Waals surface area contributed by atoms with Gasteiger partial charge in [0.15, 0.2) is 0 Å². The number of H-pyrrole nitrogens is 1. The fraction of sp³-hybridized carbons (Fsp3) is 0.400. The van der Waals surface area contributed by atoms with E-state index in [9.17, 15) is 4.79 Å². The lowest BCUT2D eigenvalue weighted by atomic mass is 9.90.